The number of benzene rings is 2. The lowest BCUT2D eigenvalue weighted by molar-refractivity contribution is 0.306. The number of hydrogen-bond donors (Lipinski definition) is 1. The largest absolute Gasteiger partial charge is 0.489 e. The second-order valence-corrected chi connectivity index (χ2v) is 5.69. The Hall–Kier alpha value is -2.23. The Kier molecular flexibility index (Phi) is 5.35. The predicted octanol–water partition coefficient (Wildman–Crippen LogP) is 4.80. The van der Waals surface area contributed by atoms with Gasteiger partial charge in [0, 0.05) is 11.6 Å². The fourth-order valence-electron chi connectivity index (χ4n) is 2.28. The smallest absolute Gasteiger partial charge is 0.120 e. The van der Waals surface area contributed by atoms with Crippen LogP contribution in [0, 0.1) is 0 Å². The highest BCUT2D eigenvalue weighted by molar-refractivity contribution is 6.30. The zero-order chi connectivity index (χ0) is 15.9. The Balaban J connectivity index is 1.52. The van der Waals surface area contributed by atoms with Crippen LogP contribution in [0.15, 0.2) is 71.3 Å². The van der Waals surface area contributed by atoms with Crippen molar-refractivity contribution in [2.75, 3.05) is 0 Å². The molecule has 0 saturated carbocycles. The van der Waals surface area contributed by atoms with Crippen LogP contribution in [0.4, 0.5) is 0 Å². The first-order valence-corrected chi connectivity index (χ1v) is 7.87. The van der Waals surface area contributed by atoms with E-state index >= 15 is 0 Å². The van der Waals surface area contributed by atoms with Crippen molar-refractivity contribution in [3.05, 3.63) is 88.8 Å². The van der Waals surface area contributed by atoms with Crippen LogP contribution in [0.1, 0.15) is 16.9 Å². The molecule has 0 saturated heterocycles. The first-order chi connectivity index (χ1) is 11.3. The molecule has 4 heteroatoms. The SMILES string of the molecule is Clc1cccc(COc2cccc(CNCc3ccco3)c2)c1. The van der Waals surface area contributed by atoms with Crippen molar-refractivity contribution in [2.24, 2.45) is 0 Å². The Morgan fingerprint density at radius 1 is 0.913 bits per heavy atom. The van der Waals surface area contributed by atoms with Gasteiger partial charge in [0.2, 0.25) is 0 Å². The van der Waals surface area contributed by atoms with Crippen LogP contribution in [0.25, 0.3) is 0 Å². The number of ether oxygens (including phenoxy) is 1. The van der Waals surface area contributed by atoms with Crippen LogP contribution in [-0.4, -0.2) is 0 Å². The number of hydrogen-bond acceptors (Lipinski definition) is 3. The summed E-state index contributed by atoms with van der Waals surface area (Å²) < 4.78 is 11.1. The lowest BCUT2D eigenvalue weighted by Crippen LogP contribution is -2.12. The molecule has 0 radical (unpaired) electrons. The van der Waals surface area contributed by atoms with E-state index < -0.39 is 0 Å². The lowest BCUT2D eigenvalue weighted by atomic mass is 10.2. The zero-order valence-corrected chi connectivity index (χ0v) is 13.4. The van der Waals surface area contributed by atoms with Crippen LogP contribution in [0.3, 0.4) is 0 Å². The van der Waals surface area contributed by atoms with Crippen molar-refractivity contribution >= 4 is 11.6 Å². The molecule has 1 aromatic heterocycles. The maximum absolute atomic E-state index is 5.98. The van der Waals surface area contributed by atoms with Crippen LogP contribution in [0.5, 0.6) is 5.75 Å². The average Bonchev–Trinajstić information content (AvgIpc) is 3.07. The standard InChI is InChI=1S/C19H18ClNO2/c20-17-6-1-5-16(10-17)14-23-18-7-2-4-15(11-18)12-21-13-19-8-3-9-22-19/h1-11,21H,12-14H2. The van der Waals surface area contributed by atoms with Crippen LogP contribution in [-0.2, 0) is 19.7 Å². The Labute approximate surface area is 140 Å². The number of furan rings is 1. The minimum atomic E-state index is 0.504. The van der Waals surface area contributed by atoms with E-state index in [1.165, 1.54) is 5.56 Å². The third kappa shape index (κ3) is 4.88. The third-order valence-electron chi connectivity index (χ3n) is 3.40. The molecule has 1 N–H and O–H groups in total. The molecule has 1 heterocycles. The summed E-state index contributed by atoms with van der Waals surface area (Å²) in [6.07, 6.45) is 1.68. The van der Waals surface area contributed by atoms with E-state index in [4.69, 9.17) is 20.8 Å². The van der Waals surface area contributed by atoms with Gasteiger partial charge < -0.3 is 14.5 Å². The highest BCUT2D eigenvalue weighted by Crippen LogP contribution is 2.17. The van der Waals surface area contributed by atoms with Gasteiger partial charge in [0.1, 0.15) is 18.1 Å². The molecule has 0 amide bonds. The molecule has 0 aliphatic heterocycles. The van der Waals surface area contributed by atoms with Gasteiger partial charge in [-0.15, -0.1) is 0 Å². The molecule has 0 aliphatic carbocycles. The first-order valence-electron chi connectivity index (χ1n) is 7.49. The second kappa shape index (κ2) is 7.86. The summed E-state index contributed by atoms with van der Waals surface area (Å²) in [4.78, 5) is 0. The number of halogens is 1. The van der Waals surface area contributed by atoms with E-state index in [9.17, 15) is 0 Å². The number of rotatable bonds is 7. The quantitative estimate of drug-likeness (QED) is 0.676. The topological polar surface area (TPSA) is 34.4 Å². The maximum atomic E-state index is 5.98. The molecule has 3 nitrogen and oxygen atoms in total. The van der Waals surface area contributed by atoms with Crippen molar-refractivity contribution in [1.29, 1.82) is 0 Å². The fourth-order valence-corrected chi connectivity index (χ4v) is 2.49. The normalized spacial score (nSPS) is 10.7. The predicted molar refractivity (Wildman–Crippen MR) is 91.5 cm³/mol. The maximum Gasteiger partial charge on any atom is 0.120 e. The van der Waals surface area contributed by atoms with Gasteiger partial charge in [0.15, 0.2) is 0 Å². The Morgan fingerprint density at radius 2 is 1.78 bits per heavy atom. The minimum absolute atomic E-state index is 0.504. The van der Waals surface area contributed by atoms with E-state index in [2.05, 4.69) is 11.4 Å². The van der Waals surface area contributed by atoms with Crippen LogP contribution in [0.2, 0.25) is 5.02 Å². The molecule has 2 aromatic carbocycles. The van der Waals surface area contributed by atoms with E-state index in [-0.39, 0.29) is 0 Å². The monoisotopic (exact) mass is 327 g/mol. The molecular formula is C19H18ClNO2. The molecule has 118 valence electrons. The van der Waals surface area contributed by atoms with Gasteiger partial charge >= 0.3 is 0 Å². The van der Waals surface area contributed by atoms with Crippen LogP contribution >= 0.6 is 11.6 Å². The van der Waals surface area contributed by atoms with Gasteiger partial charge in [-0.1, -0.05) is 35.9 Å². The van der Waals surface area contributed by atoms with Crippen molar-refractivity contribution < 1.29 is 9.15 Å². The molecule has 0 bridgehead atoms. The summed E-state index contributed by atoms with van der Waals surface area (Å²) in [5.41, 5.74) is 2.22. The summed E-state index contributed by atoms with van der Waals surface area (Å²) in [7, 11) is 0. The van der Waals surface area contributed by atoms with Crippen molar-refractivity contribution in [1.82, 2.24) is 5.32 Å². The molecule has 0 spiro atoms. The molecule has 23 heavy (non-hydrogen) atoms. The van der Waals surface area contributed by atoms with Gasteiger partial charge in [-0.3, -0.25) is 0 Å². The molecule has 3 rings (SSSR count). The summed E-state index contributed by atoms with van der Waals surface area (Å²) >= 11 is 5.98. The molecule has 3 aromatic rings. The summed E-state index contributed by atoms with van der Waals surface area (Å²) in [6.45, 7) is 1.97. The van der Waals surface area contributed by atoms with Gasteiger partial charge in [-0.2, -0.15) is 0 Å². The number of nitrogens with one attached hydrogen (secondary N) is 1. The highest BCUT2D eigenvalue weighted by atomic mass is 35.5. The second-order valence-electron chi connectivity index (χ2n) is 5.25. The van der Waals surface area contributed by atoms with E-state index in [1.54, 1.807) is 6.26 Å². The molecule has 0 unspecified atom stereocenters. The van der Waals surface area contributed by atoms with Gasteiger partial charge in [-0.25, -0.2) is 0 Å². The summed E-state index contributed by atoms with van der Waals surface area (Å²) in [5.74, 6) is 1.78. The minimum Gasteiger partial charge on any atom is -0.489 e. The average molecular weight is 328 g/mol. The van der Waals surface area contributed by atoms with Crippen molar-refractivity contribution in [3.8, 4) is 5.75 Å². The Bertz CT molecular complexity index is 741. The Morgan fingerprint density at radius 3 is 2.61 bits per heavy atom. The van der Waals surface area contributed by atoms with Crippen molar-refractivity contribution in [2.45, 2.75) is 19.7 Å². The summed E-state index contributed by atoms with van der Waals surface area (Å²) in [6, 6.07) is 19.6. The van der Waals surface area contributed by atoms with E-state index in [0.717, 1.165) is 28.6 Å². The van der Waals surface area contributed by atoms with Crippen LogP contribution < -0.4 is 10.1 Å². The fraction of sp³-hybridized carbons (Fsp3) is 0.158. The molecule has 0 fully saturated rings. The van der Waals surface area contributed by atoms with Gasteiger partial charge in [0.05, 0.1) is 12.8 Å². The highest BCUT2D eigenvalue weighted by Gasteiger charge is 2.00. The lowest BCUT2D eigenvalue weighted by Gasteiger charge is -2.09. The van der Waals surface area contributed by atoms with E-state index in [0.29, 0.717) is 13.2 Å². The van der Waals surface area contributed by atoms with E-state index in [1.807, 2.05) is 54.6 Å². The van der Waals surface area contributed by atoms with Gasteiger partial charge in [0.25, 0.3) is 0 Å². The molecule has 0 aliphatic rings. The molecule has 0 atom stereocenters. The molecular weight excluding hydrogens is 310 g/mol. The first kappa shape index (κ1) is 15.7. The van der Waals surface area contributed by atoms with Crippen molar-refractivity contribution in [3.63, 3.8) is 0 Å². The summed E-state index contributed by atoms with van der Waals surface area (Å²) in [5, 5.41) is 4.07. The van der Waals surface area contributed by atoms with Gasteiger partial charge in [-0.05, 0) is 47.5 Å². The third-order valence-corrected chi connectivity index (χ3v) is 3.64. The zero-order valence-electron chi connectivity index (χ0n) is 12.7.